The van der Waals surface area contributed by atoms with Crippen molar-refractivity contribution in [1.29, 1.82) is 0 Å². The summed E-state index contributed by atoms with van der Waals surface area (Å²) in [7, 11) is 1.66. The molecule has 2 rings (SSSR count). The summed E-state index contributed by atoms with van der Waals surface area (Å²) >= 11 is 0. The summed E-state index contributed by atoms with van der Waals surface area (Å²) in [6.07, 6.45) is 11.0. The molecule has 1 aliphatic rings. The zero-order valence-corrected chi connectivity index (χ0v) is 15.6. The second-order valence-electron chi connectivity index (χ2n) is 7.30. The maximum absolute atomic E-state index is 10.3. The minimum absolute atomic E-state index is 0.0454. The molecule has 0 fully saturated rings. The fourth-order valence-corrected chi connectivity index (χ4v) is 3.52. The lowest BCUT2D eigenvalue weighted by Gasteiger charge is -2.36. The predicted octanol–water partition coefficient (Wildman–Crippen LogP) is 5.97. The van der Waals surface area contributed by atoms with Gasteiger partial charge in [-0.1, -0.05) is 41.9 Å². The number of hydrogen-bond donors (Lipinski definition) is 1. The first-order chi connectivity index (χ1) is 11.4. The van der Waals surface area contributed by atoms with Crippen molar-refractivity contribution in [3.8, 4) is 11.5 Å². The van der Waals surface area contributed by atoms with Crippen LogP contribution in [0.5, 0.6) is 11.5 Å². The Kier molecular flexibility index (Phi) is 5.93. The third-order valence-corrected chi connectivity index (χ3v) is 5.00. The Bertz CT molecular complexity index is 675. The lowest BCUT2D eigenvalue weighted by Crippen LogP contribution is -2.23. The number of rotatable bonds is 5. The van der Waals surface area contributed by atoms with Crippen molar-refractivity contribution in [3.05, 3.63) is 58.7 Å². The third-order valence-electron chi connectivity index (χ3n) is 5.00. The minimum atomic E-state index is 0.0454. The number of methoxy groups -OCH3 is 1. The van der Waals surface area contributed by atoms with Gasteiger partial charge < -0.3 is 9.84 Å². The first-order valence-corrected chi connectivity index (χ1v) is 8.73. The SMILES string of the molecule is COc1ccc(O)c(CC2=C(C)CCC[C@@]2(C)C=CC=C(C)C)c1. The zero-order valence-electron chi connectivity index (χ0n) is 15.6. The molecule has 0 aromatic heterocycles. The van der Waals surface area contributed by atoms with Gasteiger partial charge in [-0.15, -0.1) is 0 Å². The monoisotopic (exact) mass is 326 g/mol. The molecule has 1 aromatic rings. The summed E-state index contributed by atoms with van der Waals surface area (Å²) in [5, 5.41) is 10.3. The third kappa shape index (κ3) is 4.31. The molecule has 0 saturated heterocycles. The summed E-state index contributed by atoms with van der Waals surface area (Å²) in [5.74, 6) is 1.14. The van der Waals surface area contributed by atoms with E-state index in [0.29, 0.717) is 5.75 Å². The molecular weight excluding hydrogens is 296 g/mol. The van der Waals surface area contributed by atoms with Gasteiger partial charge in [0.1, 0.15) is 11.5 Å². The number of phenols is 1. The number of hydrogen-bond acceptors (Lipinski definition) is 2. The predicted molar refractivity (Wildman–Crippen MR) is 102 cm³/mol. The van der Waals surface area contributed by atoms with Gasteiger partial charge in [0, 0.05) is 11.0 Å². The average molecular weight is 326 g/mol. The van der Waals surface area contributed by atoms with E-state index in [9.17, 15) is 5.11 Å². The van der Waals surface area contributed by atoms with Crippen LogP contribution in [0.15, 0.2) is 53.1 Å². The molecule has 0 bridgehead atoms. The summed E-state index contributed by atoms with van der Waals surface area (Å²) in [5.41, 5.74) is 5.17. The quantitative estimate of drug-likeness (QED) is 0.533. The van der Waals surface area contributed by atoms with Crippen LogP contribution in [0, 0.1) is 5.41 Å². The van der Waals surface area contributed by atoms with Gasteiger partial charge in [-0.25, -0.2) is 0 Å². The molecule has 2 heteroatoms. The van der Waals surface area contributed by atoms with Crippen molar-refractivity contribution in [2.75, 3.05) is 7.11 Å². The van der Waals surface area contributed by atoms with Gasteiger partial charge in [0.25, 0.3) is 0 Å². The van der Waals surface area contributed by atoms with Gasteiger partial charge in [-0.3, -0.25) is 0 Å². The second-order valence-corrected chi connectivity index (χ2v) is 7.30. The Morgan fingerprint density at radius 2 is 2.08 bits per heavy atom. The number of allylic oxidation sites excluding steroid dienone is 6. The topological polar surface area (TPSA) is 29.5 Å². The molecule has 1 atom stereocenters. The van der Waals surface area contributed by atoms with E-state index in [2.05, 4.69) is 45.9 Å². The van der Waals surface area contributed by atoms with Gasteiger partial charge in [0.15, 0.2) is 0 Å². The Morgan fingerprint density at radius 3 is 2.75 bits per heavy atom. The van der Waals surface area contributed by atoms with E-state index in [0.717, 1.165) is 30.6 Å². The molecule has 0 aliphatic heterocycles. The van der Waals surface area contributed by atoms with Crippen LogP contribution in [-0.2, 0) is 6.42 Å². The molecular formula is C22H30O2. The molecule has 1 aliphatic carbocycles. The highest BCUT2D eigenvalue weighted by Crippen LogP contribution is 2.44. The largest absolute Gasteiger partial charge is 0.508 e. The van der Waals surface area contributed by atoms with Crippen LogP contribution in [0.3, 0.4) is 0 Å². The highest BCUT2D eigenvalue weighted by Gasteiger charge is 2.31. The van der Waals surface area contributed by atoms with E-state index >= 15 is 0 Å². The second kappa shape index (κ2) is 7.74. The Balaban J connectivity index is 2.37. The molecule has 1 N–H and O–H groups in total. The Labute approximate surface area is 146 Å². The van der Waals surface area contributed by atoms with Gasteiger partial charge in [-0.2, -0.15) is 0 Å². The molecule has 0 radical (unpaired) electrons. The molecule has 0 spiro atoms. The normalized spacial score (nSPS) is 21.2. The van der Waals surface area contributed by atoms with Crippen LogP contribution in [0.4, 0.5) is 0 Å². The van der Waals surface area contributed by atoms with Crippen LogP contribution >= 0.6 is 0 Å². The fraction of sp³-hybridized carbons (Fsp3) is 0.455. The fourth-order valence-electron chi connectivity index (χ4n) is 3.52. The lowest BCUT2D eigenvalue weighted by molar-refractivity contribution is 0.401. The first-order valence-electron chi connectivity index (χ1n) is 8.73. The number of benzene rings is 1. The van der Waals surface area contributed by atoms with Crippen molar-refractivity contribution >= 4 is 0 Å². The molecule has 2 nitrogen and oxygen atoms in total. The smallest absolute Gasteiger partial charge is 0.119 e. The number of ether oxygens (including phenoxy) is 1. The van der Waals surface area contributed by atoms with Gasteiger partial charge >= 0.3 is 0 Å². The van der Waals surface area contributed by atoms with Gasteiger partial charge in [-0.05, 0) is 64.7 Å². The maximum Gasteiger partial charge on any atom is 0.119 e. The van der Waals surface area contributed by atoms with Crippen LogP contribution in [0.1, 0.15) is 52.5 Å². The average Bonchev–Trinajstić information content (AvgIpc) is 2.52. The van der Waals surface area contributed by atoms with Crippen LogP contribution in [-0.4, -0.2) is 12.2 Å². The van der Waals surface area contributed by atoms with Crippen molar-refractivity contribution in [2.45, 2.75) is 53.4 Å². The Hall–Kier alpha value is -1.96. The van der Waals surface area contributed by atoms with Crippen molar-refractivity contribution in [2.24, 2.45) is 5.41 Å². The molecule has 0 saturated carbocycles. The van der Waals surface area contributed by atoms with Crippen LogP contribution in [0.25, 0.3) is 0 Å². The van der Waals surface area contributed by atoms with E-state index < -0.39 is 0 Å². The molecule has 0 amide bonds. The van der Waals surface area contributed by atoms with E-state index in [1.165, 1.54) is 23.1 Å². The van der Waals surface area contributed by atoms with E-state index in [-0.39, 0.29) is 5.41 Å². The maximum atomic E-state index is 10.3. The summed E-state index contributed by atoms with van der Waals surface area (Å²) < 4.78 is 5.32. The minimum Gasteiger partial charge on any atom is -0.508 e. The number of aromatic hydroxyl groups is 1. The first kappa shape index (κ1) is 18.4. The highest BCUT2D eigenvalue weighted by atomic mass is 16.5. The number of phenolic OH excluding ortho intramolecular Hbond substituents is 1. The molecule has 24 heavy (non-hydrogen) atoms. The van der Waals surface area contributed by atoms with Crippen LogP contribution in [0.2, 0.25) is 0 Å². The van der Waals surface area contributed by atoms with Crippen LogP contribution < -0.4 is 4.74 Å². The molecule has 0 unspecified atom stereocenters. The lowest BCUT2D eigenvalue weighted by atomic mass is 9.69. The summed E-state index contributed by atoms with van der Waals surface area (Å²) in [4.78, 5) is 0. The zero-order chi connectivity index (χ0) is 17.7. The molecule has 1 aromatic carbocycles. The van der Waals surface area contributed by atoms with Gasteiger partial charge in [0.05, 0.1) is 7.11 Å². The van der Waals surface area contributed by atoms with Gasteiger partial charge in [0.2, 0.25) is 0 Å². The van der Waals surface area contributed by atoms with Crippen molar-refractivity contribution < 1.29 is 9.84 Å². The standard InChI is InChI=1S/C22H30O2/c1-16(2)8-6-12-22(4)13-7-9-17(3)20(22)15-18-14-19(24-5)10-11-21(18)23/h6,8,10-12,14,23H,7,9,13,15H2,1-5H3/t22-/m1/s1. The molecule has 0 heterocycles. The molecule has 130 valence electrons. The highest BCUT2D eigenvalue weighted by molar-refractivity contribution is 5.44. The summed E-state index contributed by atoms with van der Waals surface area (Å²) in [6.45, 7) is 8.78. The van der Waals surface area contributed by atoms with Crippen molar-refractivity contribution in [3.63, 3.8) is 0 Å². The Morgan fingerprint density at radius 1 is 1.33 bits per heavy atom. The van der Waals surface area contributed by atoms with E-state index in [1.807, 2.05) is 6.07 Å². The van der Waals surface area contributed by atoms with Crippen molar-refractivity contribution in [1.82, 2.24) is 0 Å². The van der Waals surface area contributed by atoms with E-state index in [1.54, 1.807) is 19.2 Å². The summed E-state index contributed by atoms with van der Waals surface area (Å²) in [6, 6.07) is 5.47. The van der Waals surface area contributed by atoms with E-state index in [4.69, 9.17) is 4.74 Å².